The first-order valence-electron chi connectivity index (χ1n) is 8.64. The molecule has 2 heterocycles. The molecule has 7 heteroatoms. The van der Waals surface area contributed by atoms with Gasteiger partial charge in [-0.2, -0.15) is 5.26 Å². The Labute approximate surface area is 152 Å². The van der Waals surface area contributed by atoms with Crippen LogP contribution in [0.2, 0.25) is 0 Å². The smallest absolute Gasteiger partial charge is 0.330 e. The molecule has 1 aliphatic rings. The highest BCUT2D eigenvalue weighted by Gasteiger charge is 2.31. The minimum Gasteiger partial charge on any atom is -0.460 e. The fourth-order valence-corrected chi connectivity index (χ4v) is 2.98. The summed E-state index contributed by atoms with van der Waals surface area (Å²) in [4.78, 5) is 25.3. The minimum absolute atomic E-state index is 0.0607. The Bertz CT molecular complexity index is 853. The number of ether oxygens (including phenoxy) is 1. The monoisotopic (exact) mass is 352 g/mol. The SMILES string of the molecule is C=CCOC(=O)[C@@H](C#N)c1nc2ccccc2nc1N1CC[NH+](C)CC1. The van der Waals surface area contributed by atoms with Gasteiger partial charge in [0.2, 0.25) is 0 Å². The second-order valence-electron chi connectivity index (χ2n) is 6.35. The number of carbonyl (C=O) groups is 1. The van der Waals surface area contributed by atoms with Gasteiger partial charge in [-0.25, -0.2) is 9.97 Å². The van der Waals surface area contributed by atoms with Gasteiger partial charge in [-0.05, 0) is 12.1 Å². The third-order valence-electron chi connectivity index (χ3n) is 4.48. The molecule has 1 aromatic heterocycles. The second-order valence-corrected chi connectivity index (χ2v) is 6.35. The van der Waals surface area contributed by atoms with E-state index in [0.29, 0.717) is 17.0 Å². The number of anilines is 1. The van der Waals surface area contributed by atoms with Crippen molar-refractivity contribution in [2.45, 2.75) is 5.92 Å². The van der Waals surface area contributed by atoms with Gasteiger partial charge in [0.25, 0.3) is 0 Å². The molecule has 1 N–H and O–H groups in total. The van der Waals surface area contributed by atoms with E-state index in [-0.39, 0.29) is 6.61 Å². The Balaban J connectivity index is 2.06. The van der Waals surface area contributed by atoms with Crippen LogP contribution in [0.4, 0.5) is 5.82 Å². The van der Waals surface area contributed by atoms with Crippen LogP contribution in [-0.4, -0.2) is 55.8 Å². The number of piperazine rings is 1. The van der Waals surface area contributed by atoms with E-state index in [0.717, 1.165) is 31.7 Å². The van der Waals surface area contributed by atoms with Gasteiger partial charge in [0.15, 0.2) is 11.7 Å². The normalized spacial score (nSPS) is 16.1. The number of fused-ring (bicyclic) bond motifs is 1. The van der Waals surface area contributed by atoms with Gasteiger partial charge in [0.1, 0.15) is 12.3 Å². The second kappa shape index (κ2) is 7.93. The van der Waals surface area contributed by atoms with Gasteiger partial charge in [-0.1, -0.05) is 24.8 Å². The molecule has 0 amide bonds. The fourth-order valence-electron chi connectivity index (χ4n) is 2.98. The molecule has 0 unspecified atom stereocenters. The Hall–Kier alpha value is -2.98. The van der Waals surface area contributed by atoms with Crippen molar-refractivity contribution in [2.75, 3.05) is 44.7 Å². The van der Waals surface area contributed by atoms with Crippen LogP contribution in [0.5, 0.6) is 0 Å². The summed E-state index contributed by atoms with van der Waals surface area (Å²) < 4.78 is 5.10. The summed E-state index contributed by atoms with van der Waals surface area (Å²) in [5.74, 6) is -1.15. The molecule has 1 aromatic carbocycles. The molecule has 134 valence electrons. The van der Waals surface area contributed by atoms with E-state index >= 15 is 0 Å². The molecule has 26 heavy (non-hydrogen) atoms. The maximum absolute atomic E-state index is 12.4. The maximum atomic E-state index is 12.4. The lowest BCUT2D eigenvalue weighted by molar-refractivity contribution is -0.880. The molecule has 2 aromatic rings. The van der Waals surface area contributed by atoms with Crippen LogP contribution in [0.25, 0.3) is 11.0 Å². The predicted octanol–water partition coefficient (Wildman–Crippen LogP) is 0.301. The Morgan fingerprint density at radius 2 is 2.04 bits per heavy atom. The number of aromatic nitrogens is 2. The molecule has 0 saturated carbocycles. The van der Waals surface area contributed by atoms with Crippen LogP contribution in [0, 0.1) is 11.3 Å². The topological polar surface area (TPSA) is 83.5 Å². The van der Waals surface area contributed by atoms with Gasteiger partial charge in [-0.3, -0.25) is 4.79 Å². The first-order valence-corrected chi connectivity index (χ1v) is 8.64. The molecule has 0 radical (unpaired) electrons. The molecule has 1 fully saturated rings. The van der Waals surface area contributed by atoms with E-state index in [4.69, 9.17) is 9.72 Å². The number of likely N-dealkylation sites (N-methyl/N-ethyl adjacent to an activating group) is 1. The van der Waals surface area contributed by atoms with Crippen molar-refractivity contribution in [1.29, 1.82) is 5.26 Å². The lowest BCUT2D eigenvalue weighted by Gasteiger charge is -2.32. The van der Waals surface area contributed by atoms with Gasteiger partial charge in [0.05, 0.1) is 50.3 Å². The molecular weight excluding hydrogens is 330 g/mol. The van der Waals surface area contributed by atoms with E-state index in [1.54, 1.807) is 0 Å². The quantitative estimate of drug-likeness (QED) is 0.616. The highest BCUT2D eigenvalue weighted by atomic mass is 16.5. The van der Waals surface area contributed by atoms with Crippen molar-refractivity contribution in [3.63, 3.8) is 0 Å². The van der Waals surface area contributed by atoms with Crippen molar-refractivity contribution in [3.8, 4) is 6.07 Å². The van der Waals surface area contributed by atoms with E-state index in [9.17, 15) is 10.1 Å². The molecule has 0 bridgehead atoms. The molecule has 0 aliphatic carbocycles. The zero-order valence-electron chi connectivity index (χ0n) is 14.8. The highest BCUT2D eigenvalue weighted by Crippen LogP contribution is 2.28. The van der Waals surface area contributed by atoms with Crippen molar-refractivity contribution in [1.82, 2.24) is 9.97 Å². The van der Waals surface area contributed by atoms with Crippen molar-refractivity contribution in [3.05, 3.63) is 42.6 Å². The number of hydrogen-bond donors (Lipinski definition) is 1. The van der Waals surface area contributed by atoms with Crippen LogP contribution in [0.1, 0.15) is 11.6 Å². The largest absolute Gasteiger partial charge is 0.460 e. The number of benzene rings is 1. The Kier molecular flexibility index (Phi) is 5.44. The van der Waals surface area contributed by atoms with Crippen LogP contribution in [-0.2, 0) is 9.53 Å². The van der Waals surface area contributed by atoms with Crippen LogP contribution in [0.15, 0.2) is 36.9 Å². The molecular formula is C19H22N5O2+. The third kappa shape index (κ3) is 3.65. The van der Waals surface area contributed by atoms with Gasteiger partial charge < -0.3 is 14.5 Å². The van der Waals surface area contributed by atoms with E-state index < -0.39 is 11.9 Å². The molecule has 3 rings (SSSR count). The van der Waals surface area contributed by atoms with Gasteiger partial charge >= 0.3 is 5.97 Å². The average Bonchev–Trinajstić information content (AvgIpc) is 2.67. The van der Waals surface area contributed by atoms with Gasteiger partial charge in [-0.15, -0.1) is 0 Å². The van der Waals surface area contributed by atoms with Crippen LogP contribution >= 0.6 is 0 Å². The molecule has 1 atom stereocenters. The van der Waals surface area contributed by atoms with Crippen molar-refractivity contribution < 1.29 is 14.4 Å². The minimum atomic E-state index is -1.12. The van der Waals surface area contributed by atoms with Crippen molar-refractivity contribution >= 4 is 22.8 Å². The number of carbonyl (C=O) groups excluding carboxylic acids is 1. The first-order chi connectivity index (χ1) is 12.6. The number of para-hydroxylation sites is 2. The Morgan fingerprint density at radius 1 is 1.38 bits per heavy atom. The van der Waals surface area contributed by atoms with Crippen molar-refractivity contribution in [2.24, 2.45) is 0 Å². The fraction of sp³-hybridized carbons (Fsp3) is 0.368. The number of nitriles is 1. The number of nitrogens with one attached hydrogen (secondary N) is 1. The molecule has 7 nitrogen and oxygen atoms in total. The number of rotatable bonds is 5. The van der Waals surface area contributed by atoms with E-state index in [1.165, 1.54) is 11.0 Å². The number of hydrogen-bond acceptors (Lipinski definition) is 6. The highest BCUT2D eigenvalue weighted by molar-refractivity contribution is 5.85. The number of quaternary nitrogens is 1. The molecule has 0 spiro atoms. The molecule has 1 aliphatic heterocycles. The zero-order chi connectivity index (χ0) is 18.5. The predicted molar refractivity (Wildman–Crippen MR) is 97.9 cm³/mol. The lowest BCUT2D eigenvalue weighted by atomic mass is 10.1. The third-order valence-corrected chi connectivity index (χ3v) is 4.48. The summed E-state index contributed by atoms with van der Waals surface area (Å²) >= 11 is 0. The first kappa shape index (κ1) is 17.8. The van der Waals surface area contributed by atoms with Crippen LogP contribution < -0.4 is 9.80 Å². The standard InChI is InChI=1S/C19H21N5O2/c1-3-12-26-19(25)14(13-20)17-18(24-10-8-23(2)9-11-24)22-16-7-5-4-6-15(16)21-17/h3-7,14H,1,8-12H2,2H3/p+1/t14-/m0/s1. The van der Waals surface area contributed by atoms with Gasteiger partial charge in [0, 0.05) is 0 Å². The van der Waals surface area contributed by atoms with E-state index in [1.807, 2.05) is 30.3 Å². The van der Waals surface area contributed by atoms with Crippen LogP contribution in [0.3, 0.4) is 0 Å². The number of nitrogens with zero attached hydrogens (tertiary/aromatic N) is 4. The lowest BCUT2D eigenvalue weighted by Crippen LogP contribution is -3.12. The zero-order valence-corrected chi connectivity index (χ0v) is 14.8. The summed E-state index contributed by atoms with van der Waals surface area (Å²) in [6, 6.07) is 9.50. The summed E-state index contributed by atoms with van der Waals surface area (Å²) in [5, 5.41) is 9.62. The summed E-state index contributed by atoms with van der Waals surface area (Å²) in [6.45, 7) is 7.12. The Morgan fingerprint density at radius 3 is 2.65 bits per heavy atom. The summed E-state index contributed by atoms with van der Waals surface area (Å²) in [6.07, 6.45) is 1.47. The summed E-state index contributed by atoms with van der Waals surface area (Å²) in [5.41, 5.74) is 1.76. The van der Waals surface area contributed by atoms with E-state index in [2.05, 4.69) is 23.5 Å². The molecule has 1 saturated heterocycles. The maximum Gasteiger partial charge on any atom is 0.330 e. The number of esters is 1. The average molecular weight is 352 g/mol. The summed E-state index contributed by atoms with van der Waals surface area (Å²) in [7, 11) is 2.15.